The topological polar surface area (TPSA) is 49.8 Å². The molecule has 2 aliphatic rings. The number of nitrogens with zero attached hydrogens (tertiary/aromatic N) is 1. The molecule has 0 bridgehead atoms. The lowest BCUT2D eigenvalue weighted by atomic mass is 10.1. The van der Waals surface area contributed by atoms with Crippen LogP contribution in [0.4, 0.5) is 0 Å². The van der Waals surface area contributed by atoms with Crippen LogP contribution in [0.25, 0.3) is 0 Å². The summed E-state index contributed by atoms with van der Waals surface area (Å²) in [6.07, 6.45) is 0.788. The maximum Gasteiger partial charge on any atom is 0.307 e. The Morgan fingerprint density at radius 3 is 2.84 bits per heavy atom. The first kappa shape index (κ1) is 12.6. The zero-order chi connectivity index (χ0) is 13.2. The molecule has 4 heteroatoms. The molecule has 0 radical (unpaired) electrons. The maximum atomic E-state index is 10.9. The molecule has 1 heterocycles. The second-order valence-electron chi connectivity index (χ2n) is 5.42. The van der Waals surface area contributed by atoms with E-state index in [9.17, 15) is 4.79 Å². The van der Waals surface area contributed by atoms with E-state index in [4.69, 9.17) is 9.84 Å². The molecular formula is C15H19NO3. The minimum Gasteiger partial charge on any atom is -0.481 e. The Kier molecular flexibility index (Phi) is 3.53. The van der Waals surface area contributed by atoms with Crippen LogP contribution in [-0.2, 0) is 16.1 Å². The van der Waals surface area contributed by atoms with E-state index in [2.05, 4.69) is 23.1 Å². The van der Waals surface area contributed by atoms with Gasteiger partial charge in [-0.15, -0.1) is 0 Å². The molecule has 1 aliphatic heterocycles. The van der Waals surface area contributed by atoms with Gasteiger partial charge in [-0.05, 0) is 23.5 Å². The molecule has 1 saturated carbocycles. The molecule has 3 rings (SSSR count). The van der Waals surface area contributed by atoms with Crippen LogP contribution in [-0.4, -0.2) is 42.3 Å². The van der Waals surface area contributed by atoms with Crippen LogP contribution in [0.1, 0.15) is 23.5 Å². The molecule has 19 heavy (non-hydrogen) atoms. The van der Waals surface area contributed by atoms with Crippen molar-refractivity contribution >= 4 is 5.97 Å². The van der Waals surface area contributed by atoms with Crippen molar-refractivity contribution in [2.45, 2.75) is 18.9 Å². The quantitative estimate of drug-likeness (QED) is 0.896. The van der Waals surface area contributed by atoms with Gasteiger partial charge in [0.25, 0.3) is 0 Å². The average molecular weight is 261 g/mol. The Morgan fingerprint density at radius 1 is 1.37 bits per heavy atom. The van der Waals surface area contributed by atoms with Crippen molar-refractivity contribution in [2.24, 2.45) is 5.92 Å². The first-order valence-corrected chi connectivity index (χ1v) is 6.86. The van der Waals surface area contributed by atoms with Crippen LogP contribution in [0.5, 0.6) is 0 Å². The second kappa shape index (κ2) is 5.31. The Labute approximate surface area is 113 Å². The molecule has 1 aromatic rings. The number of hydrogen-bond acceptors (Lipinski definition) is 3. The zero-order valence-corrected chi connectivity index (χ0v) is 10.9. The number of aliphatic carboxylic acids is 1. The summed E-state index contributed by atoms with van der Waals surface area (Å²) in [5, 5.41) is 8.99. The Bertz CT molecular complexity index is 468. The van der Waals surface area contributed by atoms with Gasteiger partial charge in [0.05, 0.1) is 19.1 Å². The minimum absolute atomic E-state index is 0.168. The lowest BCUT2D eigenvalue weighted by Crippen LogP contribution is -2.35. The molecule has 2 unspecified atom stereocenters. The van der Waals surface area contributed by atoms with E-state index in [1.54, 1.807) is 0 Å². The third-order valence-electron chi connectivity index (χ3n) is 4.00. The number of carboxylic acids is 1. The summed E-state index contributed by atoms with van der Waals surface area (Å²) in [6.45, 7) is 4.51. The van der Waals surface area contributed by atoms with E-state index in [-0.39, 0.29) is 11.8 Å². The Morgan fingerprint density at radius 2 is 2.16 bits per heavy atom. The minimum atomic E-state index is -0.663. The van der Waals surface area contributed by atoms with Crippen molar-refractivity contribution in [1.29, 1.82) is 0 Å². The van der Waals surface area contributed by atoms with Crippen LogP contribution >= 0.6 is 0 Å². The summed E-state index contributed by atoms with van der Waals surface area (Å²) in [6, 6.07) is 8.39. The first-order valence-electron chi connectivity index (χ1n) is 6.86. The predicted octanol–water partition coefficient (Wildman–Crippen LogP) is 1.71. The highest BCUT2D eigenvalue weighted by Gasteiger charge is 2.44. The molecular weight excluding hydrogens is 242 g/mol. The number of benzene rings is 1. The van der Waals surface area contributed by atoms with Gasteiger partial charge in [0, 0.05) is 19.6 Å². The number of ether oxygens (including phenoxy) is 1. The number of morpholine rings is 1. The molecule has 0 spiro atoms. The summed E-state index contributed by atoms with van der Waals surface area (Å²) >= 11 is 0. The fraction of sp³-hybridized carbons (Fsp3) is 0.533. The van der Waals surface area contributed by atoms with E-state index >= 15 is 0 Å². The maximum absolute atomic E-state index is 10.9. The van der Waals surface area contributed by atoms with Gasteiger partial charge in [0.1, 0.15) is 0 Å². The predicted molar refractivity (Wildman–Crippen MR) is 71.0 cm³/mol. The monoisotopic (exact) mass is 261 g/mol. The van der Waals surface area contributed by atoms with Crippen LogP contribution in [0, 0.1) is 5.92 Å². The zero-order valence-electron chi connectivity index (χ0n) is 10.9. The highest BCUT2D eigenvalue weighted by molar-refractivity contribution is 5.75. The van der Waals surface area contributed by atoms with E-state index < -0.39 is 5.97 Å². The third-order valence-corrected chi connectivity index (χ3v) is 4.00. The number of carboxylic acid groups (broad SMARTS) is 1. The number of carbonyl (C=O) groups is 1. The molecule has 2 atom stereocenters. The molecule has 1 aliphatic carbocycles. The largest absolute Gasteiger partial charge is 0.481 e. The molecule has 4 nitrogen and oxygen atoms in total. The molecule has 0 aromatic heterocycles. The van der Waals surface area contributed by atoms with Crippen molar-refractivity contribution < 1.29 is 14.6 Å². The number of hydrogen-bond donors (Lipinski definition) is 1. The van der Waals surface area contributed by atoms with Crippen molar-refractivity contribution in [3.05, 3.63) is 35.4 Å². The fourth-order valence-corrected chi connectivity index (χ4v) is 2.78. The number of rotatable bonds is 4. The van der Waals surface area contributed by atoms with Crippen molar-refractivity contribution in [3.63, 3.8) is 0 Å². The summed E-state index contributed by atoms with van der Waals surface area (Å²) in [5.41, 5.74) is 2.45. The second-order valence-corrected chi connectivity index (χ2v) is 5.42. The van der Waals surface area contributed by atoms with Crippen LogP contribution in [0.3, 0.4) is 0 Å². The summed E-state index contributed by atoms with van der Waals surface area (Å²) in [4.78, 5) is 13.3. The highest BCUT2D eigenvalue weighted by atomic mass is 16.5. The molecule has 1 aromatic carbocycles. The SMILES string of the molecule is O=C(O)C1CC1c1cccc(CN2CCOCC2)c1. The summed E-state index contributed by atoms with van der Waals surface area (Å²) < 4.78 is 5.34. The third kappa shape index (κ3) is 2.96. The van der Waals surface area contributed by atoms with Crippen LogP contribution < -0.4 is 0 Å². The van der Waals surface area contributed by atoms with Gasteiger partial charge in [0.15, 0.2) is 0 Å². The van der Waals surface area contributed by atoms with Crippen LogP contribution in [0.15, 0.2) is 24.3 Å². The van der Waals surface area contributed by atoms with Gasteiger partial charge in [0.2, 0.25) is 0 Å². The standard InChI is InChI=1S/C15H19NO3/c17-15(18)14-9-13(14)12-3-1-2-11(8-12)10-16-4-6-19-7-5-16/h1-3,8,13-14H,4-7,9-10H2,(H,17,18). The summed E-state index contributed by atoms with van der Waals surface area (Å²) in [5.74, 6) is -0.607. The molecule has 1 saturated heterocycles. The van der Waals surface area contributed by atoms with Gasteiger partial charge < -0.3 is 9.84 Å². The first-order chi connectivity index (χ1) is 9.24. The van der Waals surface area contributed by atoms with E-state index in [0.717, 1.165) is 39.3 Å². The average Bonchev–Trinajstić information content (AvgIpc) is 3.20. The molecule has 1 N–H and O–H groups in total. The van der Waals surface area contributed by atoms with Crippen molar-refractivity contribution in [1.82, 2.24) is 4.90 Å². The van der Waals surface area contributed by atoms with Gasteiger partial charge in [-0.1, -0.05) is 24.3 Å². The molecule has 0 amide bonds. The van der Waals surface area contributed by atoms with E-state index in [0.29, 0.717) is 0 Å². The lowest BCUT2D eigenvalue weighted by Gasteiger charge is -2.26. The highest BCUT2D eigenvalue weighted by Crippen LogP contribution is 2.47. The van der Waals surface area contributed by atoms with Gasteiger partial charge in [-0.25, -0.2) is 0 Å². The van der Waals surface area contributed by atoms with Crippen LogP contribution in [0.2, 0.25) is 0 Å². The van der Waals surface area contributed by atoms with Crippen molar-refractivity contribution in [3.8, 4) is 0 Å². The van der Waals surface area contributed by atoms with Gasteiger partial charge in [-0.3, -0.25) is 9.69 Å². The normalized spacial score (nSPS) is 27.2. The lowest BCUT2D eigenvalue weighted by molar-refractivity contribution is -0.138. The summed E-state index contributed by atoms with van der Waals surface area (Å²) in [7, 11) is 0. The van der Waals surface area contributed by atoms with Gasteiger partial charge in [-0.2, -0.15) is 0 Å². The Hall–Kier alpha value is -1.39. The Balaban J connectivity index is 1.65. The van der Waals surface area contributed by atoms with Crippen molar-refractivity contribution in [2.75, 3.05) is 26.3 Å². The van der Waals surface area contributed by atoms with Gasteiger partial charge >= 0.3 is 5.97 Å². The smallest absolute Gasteiger partial charge is 0.307 e. The molecule has 102 valence electrons. The van der Waals surface area contributed by atoms with E-state index in [1.807, 2.05) is 6.07 Å². The fourth-order valence-electron chi connectivity index (χ4n) is 2.78. The van der Waals surface area contributed by atoms with E-state index in [1.165, 1.54) is 11.1 Å². The molecule has 2 fully saturated rings.